The number of alkyl halides is 3. The third-order valence-corrected chi connectivity index (χ3v) is 8.25. The van der Waals surface area contributed by atoms with E-state index in [4.69, 9.17) is 26.2 Å². The number of nitrogens with one attached hydrogen (secondary N) is 1. The number of aromatic amines is 1. The van der Waals surface area contributed by atoms with E-state index < -0.39 is 40.2 Å². The average molecular weight is 712 g/mol. The molecule has 0 atom stereocenters. The summed E-state index contributed by atoms with van der Waals surface area (Å²) < 4.78 is 65.7. The van der Waals surface area contributed by atoms with Crippen LogP contribution in [0.4, 0.5) is 24.5 Å². The van der Waals surface area contributed by atoms with Gasteiger partial charge in [0, 0.05) is 22.3 Å². The van der Waals surface area contributed by atoms with Crippen LogP contribution in [0.1, 0.15) is 6.42 Å². The number of rotatable bonds is 11. The number of carboxylic acids is 1. The largest absolute Gasteiger partial charge is 0.494 e. The minimum absolute atomic E-state index is 0.0706. The molecule has 0 aliphatic rings. The van der Waals surface area contributed by atoms with Gasteiger partial charge in [-0.2, -0.15) is 13.2 Å². The van der Waals surface area contributed by atoms with E-state index in [1.807, 2.05) is 19.0 Å². The molecule has 256 valence electrons. The number of carbonyl (C=O) groups is 2. The van der Waals surface area contributed by atoms with E-state index in [1.54, 1.807) is 36.4 Å². The van der Waals surface area contributed by atoms with Crippen LogP contribution in [0.2, 0.25) is 5.02 Å². The number of carboxylic acid groups (broad SMARTS) is 1. The number of hydrogen-bond acceptors (Lipinski definition) is 9. The molecule has 3 N–H and O–H groups in total. The lowest BCUT2D eigenvalue weighted by molar-refractivity contribution is -0.192. The van der Waals surface area contributed by atoms with Gasteiger partial charge in [0.15, 0.2) is 11.6 Å². The number of aliphatic carboxylic acids is 1. The molecule has 48 heavy (non-hydrogen) atoms. The van der Waals surface area contributed by atoms with Crippen LogP contribution in [0.15, 0.2) is 92.7 Å². The first kappa shape index (κ1) is 37.5. The maximum Gasteiger partial charge on any atom is 0.490 e. The molecule has 0 spiro atoms. The van der Waals surface area contributed by atoms with Crippen LogP contribution in [-0.2, 0) is 19.6 Å². The van der Waals surface area contributed by atoms with Crippen LogP contribution in [0.5, 0.6) is 11.6 Å². The van der Waals surface area contributed by atoms with Gasteiger partial charge in [-0.25, -0.2) is 13.2 Å². The lowest BCUT2D eigenvalue weighted by Crippen LogP contribution is -2.35. The minimum Gasteiger partial charge on any atom is -0.494 e. The molecular weight excluding hydrogens is 683 g/mol. The minimum atomic E-state index is -5.08. The number of azo groups is 1. The second-order valence-corrected chi connectivity index (χ2v) is 12.4. The second kappa shape index (κ2) is 16.2. The monoisotopic (exact) mass is 711 g/mol. The van der Waals surface area contributed by atoms with E-state index >= 15 is 0 Å². The van der Waals surface area contributed by atoms with Crippen molar-refractivity contribution in [1.29, 1.82) is 0 Å². The zero-order valence-corrected chi connectivity index (χ0v) is 26.9. The Bertz CT molecular complexity index is 1940. The van der Waals surface area contributed by atoms with Crippen molar-refractivity contribution >= 4 is 55.6 Å². The second-order valence-electron chi connectivity index (χ2n) is 10.1. The van der Waals surface area contributed by atoms with E-state index in [9.17, 15) is 36.3 Å². The van der Waals surface area contributed by atoms with Gasteiger partial charge in [0.25, 0.3) is 21.5 Å². The van der Waals surface area contributed by atoms with Gasteiger partial charge in [-0.1, -0.05) is 29.8 Å². The summed E-state index contributed by atoms with van der Waals surface area (Å²) in [4.78, 5) is 38.5. The fourth-order valence-corrected chi connectivity index (χ4v) is 5.48. The maximum absolute atomic E-state index is 13.7. The Morgan fingerprint density at radius 2 is 1.56 bits per heavy atom. The first-order valence-corrected chi connectivity index (χ1v) is 15.6. The zero-order chi connectivity index (χ0) is 35.6. The molecule has 1 heterocycles. The summed E-state index contributed by atoms with van der Waals surface area (Å²) in [6, 6.07) is 18.2. The van der Waals surface area contributed by atoms with Crippen molar-refractivity contribution in [3.8, 4) is 11.6 Å². The highest BCUT2D eigenvalue weighted by molar-refractivity contribution is 7.92. The Labute approximate surface area is 276 Å². The van der Waals surface area contributed by atoms with Crippen molar-refractivity contribution in [2.45, 2.75) is 17.5 Å². The van der Waals surface area contributed by atoms with Crippen LogP contribution >= 0.6 is 11.6 Å². The lowest BCUT2D eigenvalue weighted by atomic mass is 10.1. The third-order valence-electron chi connectivity index (χ3n) is 6.21. The van der Waals surface area contributed by atoms with E-state index in [2.05, 4.69) is 15.2 Å². The predicted octanol–water partition coefficient (Wildman–Crippen LogP) is 5.36. The molecule has 0 aliphatic carbocycles. The number of fused-ring (bicyclic) bond motifs is 1. The van der Waals surface area contributed by atoms with Crippen LogP contribution in [0.25, 0.3) is 10.8 Å². The maximum atomic E-state index is 13.7. The lowest BCUT2D eigenvalue weighted by Gasteiger charge is -2.23. The number of anilines is 1. The molecule has 0 radical (unpaired) electrons. The summed E-state index contributed by atoms with van der Waals surface area (Å²) in [6.45, 7) is 0.620. The fourth-order valence-electron chi connectivity index (χ4n) is 3.94. The summed E-state index contributed by atoms with van der Waals surface area (Å²) in [6.07, 6.45) is -4.28. The van der Waals surface area contributed by atoms with E-state index in [1.165, 1.54) is 36.4 Å². The van der Waals surface area contributed by atoms with Crippen molar-refractivity contribution < 1.29 is 46.1 Å². The van der Waals surface area contributed by atoms with Crippen LogP contribution < -0.4 is 14.6 Å². The third kappa shape index (κ3) is 10.2. The standard InChI is InChI=1S/C28H28ClN5O6S.C2HF3O2/c1-33(2)16-5-17-40-21-12-14-22(15-13-21)41(38,39)34(20-10-8-19(29)9-11-20)18-25(35)31-32-26-23-6-3-4-7-24(23)27(36)30-28(26)37;3-2(4,5)1(6)7/h3-4,6-15H,5,16-18H2,1-2H3,(H2,30,36,37);(H,6,7). The van der Waals surface area contributed by atoms with Gasteiger partial charge < -0.3 is 19.8 Å². The first-order chi connectivity index (χ1) is 22.5. The van der Waals surface area contributed by atoms with Gasteiger partial charge in [0.2, 0.25) is 0 Å². The normalized spacial score (nSPS) is 11.7. The number of halogens is 4. The first-order valence-electron chi connectivity index (χ1n) is 13.7. The molecule has 1 amide bonds. The van der Waals surface area contributed by atoms with Crippen molar-refractivity contribution in [3.63, 3.8) is 0 Å². The number of ether oxygens (including phenoxy) is 1. The molecule has 0 unspecified atom stereocenters. The van der Waals surface area contributed by atoms with Crippen LogP contribution in [0, 0.1) is 0 Å². The summed E-state index contributed by atoms with van der Waals surface area (Å²) in [5.74, 6) is -3.52. The van der Waals surface area contributed by atoms with Gasteiger partial charge >= 0.3 is 12.1 Å². The molecule has 0 aliphatic heterocycles. The number of benzene rings is 3. The fraction of sp³-hybridized carbons (Fsp3) is 0.233. The SMILES string of the molecule is CN(C)CCCOc1ccc(S(=O)(=O)N(CC(=O)N=Nc2c(=O)[nH]c(O)c3ccccc23)c2ccc(Cl)cc2)cc1.O=C(O)C(F)(F)F. The molecule has 4 rings (SSSR count). The quantitative estimate of drug-likeness (QED) is 0.136. The van der Waals surface area contributed by atoms with E-state index in [0.29, 0.717) is 22.8 Å². The number of aromatic hydroxyl groups is 1. The zero-order valence-electron chi connectivity index (χ0n) is 25.3. The predicted molar refractivity (Wildman–Crippen MR) is 171 cm³/mol. The Morgan fingerprint density at radius 1 is 0.979 bits per heavy atom. The van der Waals surface area contributed by atoms with Crippen molar-refractivity contribution in [3.05, 3.63) is 88.2 Å². The number of carbonyl (C=O) groups excluding carboxylic acids is 1. The van der Waals surface area contributed by atoms with Crippen molar-refractivity contribution in [2.75, 3.05) is 38.1 Å². The van der Waals surface area contributed by atoms with Gasteiger partial charge in [0.1, 0.15) is 12.3 Å². The topological polar surface area (TPSA) is 182 Å². The molecule has 18 heteroatoms. The number of hydrogen-bond donors (Lipinski definition) is 3. The number of sulfonamides is 1. The average Bonchev–Trinajstić information content (AvgIpc) is 3.02. The summed E-state index contributed by atoms with van der Waals surface area (Å²) in [5.41, 5.74) is -0.785. The molecule has 1 aromatic heterocycles. The number of H-pyrrole nitrogens is 1. The molecular formula is C30H29ClF3N5O8S. The number of aromatic nitrogens is 1. The smallest absolute Gasteiger partial charge is 0.490 e. The highest BCUT2D eigenvalue weighted by Crippen LogP contribution is 2.29. The van der Waals surface area contributed by atoms with Gasteiger partial charge in [-0.15, -0.1) is 10.2 Å². The molecule has 3 aromatic carbocycles. The Morgan fingerprint density at radius 3 is 2.12 bits per heavy atom. The Kier molecular flexibility index (Phi) is 12.6. The number of pyridine rings is 1. The van der Waals surface area contributed by atoms with Gasteiger partial charge in [0.05, 0.1) is 17.2 Å². The molecule has 4 aromatic rings. The summed E-state index contributed by atoms with van der Waals surface area (Å²) >= 11 is 6.00. The Balaban J connectivity index is 0.000000804. The highest BCUT2D eigenvalue weighted by Gasteiger charge is 2.38. The van der Waals surface area contributed by atoms with Crippen LogP contribution in [-0.4, -0.2) is 80.4 Å². The molecule has 0 saturated heterocycles. The molecule has 0 saturated carbocycles. The number of nitrogens with zero attached hydrogens (tertiary/aromatic N) is 4. The Hall–Kier alpha value is -5.00. The summed E-state index contributed by atoms with van der Waals surface area (Å²) in [7, 11) is -0.311. The van der Waals surface area contributed by atoms with Crippen molar-refractivity contribution in [1.82, 2.24) is 9.88 Å². The van der Waals surface area contributed by atoms with E-state index in [-0.39, 0.29) is 27.5 Å². The molecule has 0 bridgehead atoms. The molecule has 13 nitrogen and oxygen atoms in total. The van der Waals surface area contributed by atoms with Crippen LogP contribution in [0.3, 0.4) is 0 Å². The van der Waals surface area contributed by atoms with Gasteiger partial charge in [-0.05, 0) is 75.1 Å². The molecule has 0 fully saturated rings. The number of amides is 1. The van der Waals surface area contributed by atoms with Crippen molar-refractivity contribution in [2.24, 2.45) is 10.2 Å². The van der Waals surface area contributed by atoms with Gasteiger partial charge in [-0.3, -0.25) is 18.9 Å². The highest BCUT2D eigenvalue weighted by atomic mass is 35.5. The van der Waals surface area contributed by atoms with E-state index in [0.717, 1.165) is 17.3 Å². The summed E-state index contributed by atoms with van der Waals surface area (Å²) in [5, 5.41) is 25.5.